The van der Waals surface area contributed by atoms with Crippen LogP contribution in [0.5, 0.6) is 17.2 Å². The predicted octanol–water partition coefficient (Wildman–Crippen LogP) is 4.81. The van der Waals surface area contributed by atoms with Gasteiger partial charge in [-0.15, -0.1) is 0 Å². The summed E-state index contributed by atoms with van der Waals surface area (Å²) in [5.74, 6) is 2.16. The third kappa shape index (κ3) is 3.71. The summed E-state index contributed by atoms with van der Waals surface area (Å²) in [4.78, 5) is 0. The van der Waals surface area contributed by atoms with Gasteiger partial charge in [-0.2, -0.15) is 0 Å². The number of methoxy groups -OCH3 is 3. The summed E-state index contributed by atoms with van der Waals surface area (Å²) in [6.07, 6.45) is 0. The molecule has 3 aromatic rings. The van der Waals surface area contributed by atoms with Crippen molar-refractivity contribution in [3.8, 4) is 17.2 Å². The molecule has 0 saturated heterocycles. The van der Waals surface area contributed by atoms with E-state index >= 15 is 0 Å². The monoisotopic (exact) mass is 371 g/mol. The summed E-state index contributed by atoms with van der Waals surface area (Å²) in [5.41, 5.74) is 2.07. The Bertz CT molecular complexity index is 911. The standard InChI is InChI=1S/C21H22ClNO3/c1-24-19-9-8-14-6-4-5-7-16(14)17(19)13-23-12-15-10-20(25-2)21(26-3)11-18(15)22/h4-11,23H,12-13H2,1-3H3. The number of benzene rings is 3. The van der Waals surface area contributed by atoms with E-state index in [-0.39, 0.29) is 0 Å². The average molecular weight is 372 g/mol. The Morgan fingerprint density at radius 1 is 0.808 bits per heavy atom. The fourth-order valence-electron chi connectivity index (χ4n) is 3.04. The van der Waals surface area contributed by atoms with Crippen molar-refractivity contribution in [1.82, 2.24) is 5.32 Å². The minimum absolute atomic E-state index is 0.603. The van der Waals surface area contributed by atoms with E-state index in [2.05, 4.69) is 23.5 Å². The van der Waals surface area contributed by atoms with Crippen LogP contribution >= 0.6 is 11.6 Å². The first-order valence-electron chi connectivity index (χ1n) is 8.33. The smallest absolute Gasteiger partial charge is 0.162 e. The van der Waals surface area contributed by atoms with Gasteiger partial charge < -0.3 is 19.5 Å². The number of fused-ring (bicyclic) bond motifs is 1. The first kappa shape index (κ1) is 18.4. The van der Waals surface area contributed by atoms with Gasteiger partial charge in [0.25, 0.3) is 0 Å². The van der Waals surface area contributed by atoms with Crippen LogP contribution in [0.25, 0.3) is 10.8 Å². The second-order valence-corrected chi connectivity index (χ2v) is 6.28. The molecule has 0 unspecified atom stereocenters. The zero-order valence-electron chi connectivity index (χ0n) is 15.1. The number of rotatable bonds is 7. The van der Waals surface area contributed by atoms with Crippen molar-refractivity contribution in [3.63, 3.8) is 0 Å². The van der Waals surface area contributed by atoms with Crippen molar-refractivity contribution >= 4 is 22.4 Å². The van der Waals surface area contributed by atoms with Crippen LogP contribution in [0.2, 0.25) is 5.02 Å². The zero-order valence-corrected chi connectivity index (χ0v) is 15.9. The zero-order chi connectivity index (χ0) is 18.5. The highest BCUT2D eigenvalue weighted by Gasteiger charge is 2.11. The largest absolute Gasteiger partial charge is 0.496 e. The molecule has 0 amide bonds. The Morgan fingerprint density at radius 2 is 1.50 bits per heavy atom. The highest BCUT2D eigenvalue weighted by atomic mass is 35.5. The minimum atomic E-state index is 0.603. The van der Waals surface area contributed by atoms with Gasteiger partial charge >= 0.3 is 0 Å². The van der Waals surface area contributed by atoms with Crippen LogP contribution in [0, 0.1) is 0 Å². The molecule has 5 heteroatoms. The summed E-state index contributed by atoms with van der Waals surface area (Å²) in [7, 11) is 4.90. The third-order valence-electron chi connectivity index (χ3n) is 4.39. The van der Waals surface area contributed by atoms with Crippen molar-refractivity contribution in [1.29, 1.82) is 0 Å². The number of halogens is 1. The highest BCUT2D eigenvalue weighted by molar-refractivity contribution is 6.31. The molecule has 1 N–H and O–H groups in total. The van der Waals surface area contributed by atoms with Crippen molar-refractivity contribution in [3.05, 3.63) is 64.7 Å². The molecule has 3 aromatic carbocycles. The van der Waals surface area contributed by atoms with Gasteiger partial charge in [0.15, 0.2) is 11.5 Å². The molecule has 0 radical (unpaired) electrons. The van der Waals surface area contributed by atoms with Crippen molar-refractivity contribution in [2.24, 2.45) is 0 Å². The summed E-state index contributed by atoms with van der Waals surface area (Å²) < 4.78 is 16.2. The van der Waals surface area contributed by atoms with Crippen molar-refractivity contribution in [2.45, 2.75) is 13.1 Å². The molecule has 0 aromatic heterocycles. The molecule has 0 bridgehead atoms. The lowest BCUT2D eigenvalue weighted by Gasteiger charge is -2.15. The summed E-state index contributed by atoms with van der Waals surface area (Å²) in [5, 5.41) is 6.46. The predicted molar refractivity (Wildman–Crippen MR) is 106 cm³/mol. The lowest BCUT2D eigenvalue weighted by molar-refractivity contribution is 0.354. The maximum atomic E-state index is 6.37. The summed E-state index contributed by atoms with van der Waals surface area (Å²) in [6.45, 7) is 1.26. The van der Waals surface area contributed by atoms with Gasteiger partial charge in [-0.1, -0.05) is 41.9 Å². The number of hydrogen-bond donors (Lipinski definition) is 1. The van der Waals surface area contributed by atoms with Crippen LogP contribution in [0.3, 0.4) is 0 Å². The Balaban J connectivity index is 1.81. The lowest BCUT2D eigenvalue weighted by Crippen LogP contribution is -2.14. The van der Waals surface area contributed by atoms with Gasteiger partial charge in [-0.25, -0.2) is 0 Å². The normalized spacial score (nSPS) is 10.8. The molecular weight excluding hydrogens is 350 g/mol. The maximum absolute atomic E-state index is 6.37. The van der Waals surface area contributed by atoms with Gasteiger partial charge in [0.1, 0.15) is 5.75 Å². The molecule has 0 saturated carbocycles. The lowest BCUT2D eigenvalue weighted by atomic mass is 10.0. The fraction of sp³-hybridized carbons (Fsp3) is 0.238. The van der Waals surface area contributed by atoms with Crippen LogP contribution in [-0.2, 0) is 13.1 Å². The molecule has 3 rings (SSSR count). The molecule has 26 heavy (non-hydrogen) atoms. The van der Waals surface area contributed by atoms with E-state index in [0.717, 1.165) is 16.9 Å². The van der Waals surface area contributed by atoms with E-state index < -0.39 is 0 Å². The van der Waals surface area contributed by atoms with Crippen LogP contribution in [0.4, 0.5) is 0 Å². The van der Waals surface area contributed by atoms with Crippen molar-refractivity contribution < 1.29 is 14.2 Å². The quantitative estimate of drug-likeness (QED) is 0.647. The summed E-state index contributed by atoms with van der Waals surface area (Å²) in [6, 6.07) is 16.0. The number of ether oxygens (including phenoxy) is 3. The van der Waals surface area contributed by atoms with E-state index in [4.69, 9.17) is 25.8 Å². The average Bonchev–Trinajstić information content (AvgIpc) is 2.68. The Labute approximate surface area is 158 Å². The number of nitrogens with one attached hydrogen (secondary N) is 1. The van der Waals surface area contributed by atoms with Gasteiger partial charge in [-0.05, 0) is 28.5 Å². The molecule has 0 fully saturated rings. The van der Waals surface area contributed by atoms with Gasteiger partial charge in [0.2, 0.25) is 0 Å². The molecule has 0 spiro atoms. The Hall–Kier alpha value is -2.43. The maximum Gasteiger partial charge on any atom is 0.162 e. The molecule has 0 aliphatic heterocycles. The van der Waals surface area contributed by atoms with Crippen molar-refractivity contribution in [2.75, 3.05) is 21.3 Å². The third-order valence-corrected chi connectivity index (χ3v) is 4.74. The van der Waals surface area contributed by atoms with Crippen LogP contribution in [0.15, 0.2) is 48.5 Å². The molecule has 4 nitrogen and oxygen atoms in total. The van der Waals surface area contributed by atoms with E-state index in [0.29, 0.717) is 29.6 Å². The van der Waals surface area contributed by atoms with Crippen LogP contribution < -0.4 is 19.5 Å². The second-order valence-electron chi connectivity index (χ2n) is 5.87. The van der Waals surface area contributed by atoms with E-state index in [9.17, 15) is 0 Å². The van der Waals surface area contributed by atoms with E-state index in [1.54, 1.807) is 27.4 Å². The Kier molecular flexibility index (Phi) is 5.86. The van der Waals surface area contributed by atoms with Gasteiger partial charge in [0, 0.05) is 29.7 Å². The van der Waals surface area contributed by atoms with Gasteiger partial charge in [0.05, 0.1) is 21.3 Å². The topological polar surface area (TPSA) is 39.7 Å². The molecule has 0 aliphatic carbocycles. The SMILES string of the molecule is COc1cc(Cl)c(CNCc2c(OC)ccc3ccccc23)cc1OC. The molecule has 0 heterocycles. The fourth-order valence-corrected chi connectivity index (χ4v) is 3.26. The van der Waals surface area contributed by atoms with E-state index in [1.807, 2.05) is 24.3 Å². The highest BCUT2D eigenvalue weighted by Crippen LogP contribution is 2.33. The minimum Gasteiger partial charge on any atom is -0.496 e. The molecule has 136 valence electrons. The molecule has 0 atom stereocenters. The first-order chi connectivity index (χ1) is 12.7. The van der Waals surface area contributed by atoms with Gasteiger partial charge in [-0.3, -0.25) is 0 Å². The van der Waals surface area contributed by atoms with Crippen LogP contribution in [0.1, 0.15) is 11.1 Å². The van der Waals surface area contributed by atoms with E-state index in [1.165, 1.54) is 10.8 Å². The number of hydrogen-bond acceptors (Lipinski definition) is 4. The first-order valence-corrected chi connectivity index (χ1v) is 8.71. The molecular formula is C21H22ClNO3. The Morgan fingerprint density at radius 3 is 2.23 bits per heavy atom. The molecule has 0 aliphatic rings. The second kappa shape index (κ2) is 8.30. The summed E-state index contributed by atoms with van der Waals surface area (Å²) >= 11 is 6.37. The van der Waals surface area contributed by atoms with Crippen LogP contribution in [-0.4, -0.2) is 21.3 Å².